The first-order chi connectivity index (χ1) is 9.97. The average Bonchev–Trinajstić information content (AvgIpc) is 2.44. The van der Waals surface area contributed by atoms with Crippen molar-refractivity contribution >= 4 is 28.9 Å². The molecule has 0 aliphatic carbocycles. The zero-order chi connectivity index (χ0) is 15.4. The fraction of sp³-hybridized carbons (Fsp3) is 0.143. The van der Waals surface area contributed by atoms with Crippen molar-refractivity contribution in [3.63, 3.8) is 0 Å². The molecule has 0 amide bonds. The van der Waals surface area contributed by atoms with Crippen molar-refractivity contribution in [2.75, 3.05) is 0 Å². The molecule has 7 heteroatoms. The Morgan fingerprint density at radius 2 is 1.90 bits per heavy atom. The molecule has 0 aromatic heterocycles. The van der Waals surface area contributed by atoms with Gasteiger partial charge in [-0.1, -0.05) is 29.3 Å². The van der Waals surface area contributed by atoms with Crippen LogP contribution in [-0.2, 0) is 13.1 Å². The Labute approximate surface area is 130 Å². The van der Waals surface area contributed by atoms with Crippen LogP contribution in [0.4, 0.5) is 10.1 Å². The van der Waals surface area contributed by atoms with Gasteiger partial charge in [-0.25, -0.2) is 4.39 Å². The van der Waals surface area contributed by atoms with E-state index >= 15 is 0 Å². The van der Waals surface area contributed by atoms with Crippen molar-refractivity contribution < 1.29 is 9.31 Å². The maximum atomic E-state index is 13.0. The van der Waals surface area contributed by atoms with Crippen LogP contribution in [0.3, 0.4) is 0 Å². The quantitative estimate of drug-likeness (QED) is 0.656. The number of rotatable bonds is 5. The van der Waals surface area contributed by atoms with Crippen molar-refractivity contribution in [3.05, 3.63) is 73.5 Å². The third-order valence-electron chi connectivity index (χ3n) is 2.87. The first kappa shape index (κ1) is 15.7. The fourth-order valence-corrected chi connectivity index (χ4v) is 2.22. The lowest BCUT2D eigenvalue weighted by molar-refractivity contribution is -0.385. The predicted molar refractivity (Wildman–Crippen MR) is 80.1 cm³/mol. The summed E-state index contributed by atoms with van der Waals surface area (Å²) < 4.78 is 13.0. The Balaban J connectivity index is 2.03. The molecule has 0 radical (unpaired) electrons. The van der Waals surface area contributed by atoms with Gasteiger partial charge in [-0.05, 0) is 29.8 Å². The molecule has 0 fully saturated rings. The number of nitro groups is 1. The number of hydrogen-bond acceptors (Lipinski definition) is 3. The Bertz CT molecular complexity index is 680. The number of nitrogens with zero attached hydrogens (tertiary/aromatic N) is 1. The third kappa shape index (κ3) is 4.14. The summed E-state index contributed by atoms with van der Waals surface area (Å²) in [4.78, 5) is 10.5. The molecule has 21 heavy (non-hydrogen) atoms. The van der Waals surface area contributed by atoms with Crippen LogP contribution in [0.1, 0.15) is 11.1 Å². The molecule has 0 aliphatic rings. The van der Waals surface area contributed by atoms with Crippen LogP contribution in [0.15, 0.2) is 36.4 Å². The Morgan fingerprint density at radius 1 is 1.14 bits per heavy atom. The van der Waals surface area contributed by atoms with Gasteiger partial charge in [-0.3, -0.25) is 10.1 Å². The molecule has 0 aliphatic heterocycles. The number of halogens is 3. The van der Waals surface area contributed by atoms with Crippen LogP contribution in [0.25, 0.3) is 0 Å². The van der Waals surface area contributed by atoms with E-state index in [-0.39, 0.29) is 10.7 Å². The molecule has 0 unspecified atom stereocenters. The number of nitrogens with one attached hydrogen (secondary N) is 1. The van der Waals surface area contributed by atoms with Gasteiger partial charge in [0.15, 0.2) is 0 Å². The van der Waals surface area contributed by atoms with Gasteiger partial charge in [0.1, 0.15) is 5.82 Å². The van der Waals surface area contributed by atoms with E-state index in [9.17, 15) is 14.5 Å². The third-order valence-corrected chi connectivity index (χ3v) is 3.40. The van der Waals surface area contributed by atoms with Gasteiger partial charge >= 0.3 is 0 Å². The smallest absolute Gasteiger partial charge is 0.275 e. The van der Waals surface area contributed by atoms with E-state index in [1.807, 2.05) is 0 Å². The molecule has 110 valence electrons. The van der Waals surface area contributed by atoms with Crippen molar-refractivity contribution in [1.29, 1.82) is 0 Å². The number of hydrogen-bond donors (Lipinski definition) is 1. The fourth-order valence-electron chi connectivity index (χ4n) is 1.85. The van der Waals surface area contributed by atoms with Crippen LogP contribution in [0.2, 0.25) is 10.0 Å². The highest BCUT2D eigenvalue weighted by atomic mass is 35.5. The Kier molecular flexibility index (Phi) is 5.12. The Morgan fingerprint density at radius 3 is 2.57 bits per heavy atom. The summed E-state index contributed by atoms with van der Waals surface area (Å²) in [5.41, 5.74) is 1.28. The molecule has 0 bridgehead atoms. The molecule has 2 rings (SSSR count). The normalized spacial score (nSPS) is 10.6. The van der Waals surface area contributed by atoms with E-state index in [1.165, 1.54) is 18.2 Å². The van der Waals surface area contributed by atoms with Gasteiger partial charge in [0.05, 0.1) is 9.95 Å². The second-order valence-electron chi connectivity index (χ2n) is 4.38. The maximum absolute atomic E-state index is 13.0. The molecule has 0 spiro atoms. The monoisotopic (exact) mass is 328 g/mol. The van der Waals surface area contributed by atoms with Gasteiger partial charge in [-0.2, -0.15) is 0 Å². The molecule has 2 aromatic rings. The van der Waals surface area contributed by atoms with E-state index in [2.05, 4.69) is 5.32 Å². The largest absolute Gasteiger partial charge is 0.308 e. The topological polar surface area (TPSA) is 55.2 Å². The summed E-state index contributed by atoms with van der Waals surface area (Å²) in [6.45, 7) is 0.711. The zero-order valence-electron chi connectivity index (χ0n) is 10.8. The Hall–Kier alpha value is -1.69. The van der Waals surface area contributed by atoms with Crippen LogP contribution in [0, 0.1) is 15.9 Å². The van der Waals surface area contributed by atoms with Crippen molar-refractivity contribution in [1.82, 2.24) is 5.32 Å². The summed E-state index contributed by atoms with van der Waals surface area (Å²) in [6.07, 6.45) is 0. The predicted octanol–water partition coefficient (Wildman–Crippen LogP) is 4.33. The second-order valence-corrected chi connectivity index (χ2v) is 5.23. The van der Waals surface area contributed by atoms with Crippen molar-refractivity contribution in [2.45, 2.75) is 13.1 Å². The lowest BCUT2D eigenvalue weighted by Gasteiger charge is -2.07. The minimum absolute atomic E-state index is 0.0351. The molecule has 0 saturated heterocycles. The standard InChI is InChI=1S/C14H11Cl2FN2O2/c15-11-3-2-10(14(6-11)19(20)21)8-18-7-9-1-4-13(17)12(16)5-9/h1-6,18H,7-8H2. The average molecular weight is 329 g/mol. The van der Waals surface area contributed by atoms with Crippen LogP contribution < -0.4 is 5.32 Å². The molecular formula is C14H11Cl2FN2O2. The zero-order valence-corrected chi connectivity index (χ0v) is 12.3. The number of benzene rings is 2. The van der Waals surface area contributed by atoms with Crippen LogP contribution in [0.5, 0.6) is 0 Å². The minimum Gasteiger partial charge on any atom is -0.308 e. The molecule has 0 saturated carbocycles. The van der Waals surface area contributed by atoms with Crippen LogP contribution >= 0.6 is 23.2 Å². The summed E-state index contributed by atoms with van der Waals surface area (Å²) in [7, 11) is 0. The second kappa shape index (κ2) is 6.85. The first-order valence-electron chi connectivity index (χ1n) is 6.05. The summed E-state index contributed by atoms with van der Waals surface area (Å²) >= 11 is 11.4. The van der Waals surface area contributed by atoms with Gasteiger partial charge in [0, 0.05) is 29.7 Å². The highest BCUT2D eigenvalue weighted by molar-refractivity contribution is 6.31. The SMILES string of the molecule is O=[N+]([O-])c1cc(Cl)ccc1CNCc1ccc(F)c(Cl)c1. The lowest BCUT2D eigenvalue weighted by Crippen LogP contribution is -2.14. The van der Waals surface area contributed by atoms with Crippen LogP contribution in [-0.4, -0.2) is 4.92 Å². The summed E-state index contributed by atoms with van der Waals surface area (Å²) in [5.74, 6) is -0.478. The van der Waals surface area contributed by atoms with Gasteiger partial charge in [0.2, 0.25) is 0 Å². The van der Waals surface area contributed by atoms with Crippen molar-refractivity contribution in [2.24, 2.45) is 0 Å². The van der Waals surface area contributed by atoms with E-state index in [1.54, 1.807) is 18.2 Å². The molecule has 0 heterocycles. The van der Waals surface area contributed by atoms with Gasteiger partial charge in [-0.15, -0.1) is 0 Å². The molecule has 1 N–H and O–H groups in total. The lowest BCUT2D eigenvalue weighted by atomic mass is 10.1. The molecular weight excluding hydrogens is 318 g/mol. The van der Waals surface area contributed by atoms with E-state index < -0.39 is 10.7 Å². The van der Waals surface area contributed by atoms with E-state index in [0.29, 0.717) is 23.7 Å². The highest BCUT2D eigenvalue weighted by Crippen LogP contribution is 2.23. The molecule has 2 aromatic carbocycles. The van der Waals surface area contributed by atoms with E-state index in [0.717, 1.165) is 5.56 Å². The summed E-state index contributed by atoms with van der Waals surface area (Å²) in [6, 6.07) is 8.91. The minimum atomic E-state index is -0.478. The van der Waals surface area contributed by atoms with E-state index in [4.69, 9.17) is 23.2 Å². The number of nitro benzene ring substituents is 1. The maximum Gasteiger partial charge on any atom is 0.275 e. The first-order valence-corrected chi connectivity index (χ1v) is 6.80. The molecule has 4 nitrogen and oxygen atoms in total. The van der Waals surface area contributed by atoms with Gasteiger partial charge < -0.3 is 5.32 Å². The summed E-state index contributed by atoms with van der Waals surface area (Å²) in [5, 5.41) is 14.4. The van der Waals surface area contributed by atoms with Crippen molar-refractivity contribution in [3.8, 4) is 0 Å². The molecule has 0 atom stereocenters. The van der Waals surface area contributed by atoms with Gasteiger partial charge in [0.25, 0.3) is 5.69 Å². The highest BCUT2D eigenvalue weighted by Gasteiger charge is 2.13.